The standard InChI is InChI=1S/C16H24N2O2/c1-12(2)13-5-3-6-14(9-13)18-16(19)11-17-10-15-7-4-8-20-15/h3,5-6,9,12,15,17H,4,7-8,10-11H2,1-2H3,(H,18,19). The van der Waals surface area contributed by atoms with Crippen molar-refractivity contribution < 1.29 is 9.53 Å². The summed E-state index contributed by atoms with van der Waals surface area (Å²) >= 11 is 0. The molecular weight excluding hydrogens is 252 g/mol. The molecule has 0 aromatic heterocycles. The largest absolute Gasteiger partial charge is 0.377 e. The number of hydrogen-bond donors (Lipinski definition) is 2. The first kappa shape index (κ1) is 15.0. The second-order valence-electron chi connectivity index (χ2n) is 5.59. The topological polar surface area (TPSA) is 50.4 Å². The summed E-state index contributed by atoms with van der Waals surface area (Å²) < 4.78 is 5.50. The predicted molar refractivity (Wildman–Crippen MR) is 81.0 cm³/mol. The number of nitrogens with one attached hydrogen (secondary N) is 2. The molecule has 1 unspecified atom stereocenters. The Morgan fingerprint density at radius 1 is 1.45 bits per heavy atom. The predicted octanol–water partition coefficient (Wildman–Crippen LogP) is 2.52. The molecule has 1 aliphatic heterocycles. The second-order valence-corrected chi connectivity index (χ2v) is 5.59. The number of rotatable bonds is 6. The summed E-state index contributed by atoms with van der Waals surface area (Å²) in [4.78, 5) is 11.9. The van der Waals surface area contributed by atoms with E-state index in [0.29, 0.717) is 12.5 Å². The molecule has 0 aliphatic carbocycles. The third kappa shape index (κ3) is 4.62. The lowest BCUT2D eigenvalue weighted by Gasteiger charge is -2.12. The monoisotopic (exact) mass is 276 g/mol. The lowest BCUT2D eigenvalue weighted by molar-refractivity contribution is -0.115. The van der Waals surface area contributed by atoms with Crippen molar-refractivity contribution in [1.29, 1.82) is 0 Å². The van der Waals surface area contributed by atoms with Crippen LogP contribution in [-0.2, 0) is 9.53 Å². The van der Waals surface area contributed by atoms with Gasteiger partial charge in [0, 0.05) is 18.8 Å². The van der Waals surface area contributed by atoms with Gasteiger partial charge in [0.25, 0.3) is 0 Å². The van der Waals surface area contributed by atoms with Crippen molar-refractivity contribution in [2.45, 2.75) is 38.7 Å². The van der Waals surface area contributed by atoms with Crippen molar-refractivity contribution in [2.24, 2.45) is 0 Å². The van der Waals surface area contributed by atoms with E-state index in [1.807, 2.05) is 18.2 Å². The highest BCUT2D eigenvalue weighted by Crippen LogP contribution is 2.18. The Kier molecular flexibility index (Phi) is 5.56. The van der Waals surface area contributed by atoms with E-state index in [1.165, 1.54) is 5.56 Å². The fraction of sp³-hybridized carbons (Fsp3) is 0.562. The van der Waals surface area contributed by atoms with Crippen LogP contribution in [0.5, 0.6) is 0 Å². The molecule has 1 amide bonds. The summed E-state index contributed by atoms with van der Waals surface area (Å²) in [5, 5.41) is 6.07. The zero-order chi connectivity index (χ0) is 14.4. The quantitative estimate of drug-likeness (QED) is 0.839. The van der Waals surface area contributed by atoms with Crippen LogP contribution in [0.15, 0.2) is 24.3 Å². The summed E-state index contributed by atoms with van der Waals surface area (Å²) in [5.74, 6) is 0.452. The summed E-state index contributed by atoms with van der Waals surface area (Å²) in [6.45, 7) is 6.21. The molecule has 1 atom stereocenters. The molecule has 0 radical (unpaired) electrons. The van der Waals surface area contributed by atoms with E-state index in [0.717, 1.165) is 31.7 Å². The molecule has 20 heavy (non-hydrogen) atoms. The van der Waals surface area contributed by atoms with Crippen molar-refractivity contribution in [3.05, 3.63) is 29.8 Å². The maximum Gasteiger partial charge on any atom is 0.238 e. The number of anilines is 1. The Morgan fingerprint density at radius 3 is 3.00 bits per heavy atom. The maximum absolute atomic E-state index is 11.9. The Balaban J connectivity index is 1.74. The van der Waals surface area contributed by atoms with Gasteiger partial charge in [0.1, 0.15) is 0 Å². The van der Waals surface area contributed by atoms with E-state index in [9.17, 15) is 4.79 Å². The van der Waals surface area contributed by atoms with Crippen LogP contribution >= 0.6 is 0 Å². The minimum atomic E-state index is -0.0103. The smallest absolute Gasteiger partial charge is 0.238 e. The average molecular weight is 276 g/mol. The molecule has 1 aliphatic rings. The van der Waals surface area contributed by atoms with Gasteiger partial charge in [0.05, 0.1) is 12.6 Å². The van der Waals surface area contributed by atoms with Crippen LogP contribution in [0, 0.1) is 0 Å². The zero-order valence-electron chi connectivity index (χ0n) is 12.3. The van der Waals surface area contributed by atoms with Gasteiger partial charge in [0.15, 0.2) is 0 Å². The van der Waals surface area contributed by atoms with E-state index < -0.39 is 0 Å². The van der Waals surface area contributed by atoms with Crippen LogP contribution in [0.4, 0.5) is 5.69 Å². The fourth-order valence-corrected chi connectivity index (χ4v) is 2.33. The second kappa shape index (κ2) is 7.41. The molecule has 1 fully saturated rings. The van der Waals surface area contributed by atoms with E-state index in [-0.39, 0.29) is 12.0 Å². The number of amides is 1. The molecule has 4 nitrogen and oxygen atoms in total. The highest BCUT2D eigenvalue weighted by atomic mass is 16.5. The first-order chi connectivity index (χ1) is 9.65. The molecule has 0 saturated carbocycles. The van der Waals surface area contributed by atoms with Crippen LogP contribution in [0.25, 0.3) is 0 Å². The molecule has 2 rings (SSSR count). The van der Waals surface area contributed by atoms with Crippen LogP contribution in [-0.4, -0.2) is 31.7 Å². The third-order valence-corrected chi connectivity index (χ3v) is 3.52. The lowest BCUT2D eigenvalue weighted by atomic mass is 10.0. The van der Waals surface area contributed by atoms with Gasteiger partial charge in [-0.2, -0.15) is 0 Å². The maximum atomic E-state index is 11.9. The minimum Gasteiger partial charge on any atom is -0.377 e. The van der Waals surface area contributed by atoms with Gasteiger partial charge in [0.2, 0.25) is 5.91 Å². The fourth-order valence-electron chi connectivity index (χ4n) is 2.33. The summed E-state index contributed by atoms with van der Waals surface area (Å²) in [6.07, 6.45) is 2.48. The highest BCUT2D eigenvalue weighted by Gasteiger charge is 2.15. The Bertz CT molecular complexity index is 440. The average Bonchev–Trinajstić information content (AvgIpc) is 2.92. The number of carbonyl (C=O) groups excluding carboxylic acids is 1. The molecule has 1 saturated heterocycles. The summed E-state index contributed by atoms with van der Waals surface area (Å²) in [7, 11) is 0. The molecule has 4 heteroatoms. The number of carbonyl (C=O) groups is 1. The van der Waals surface area contributed by atoms with Crippen molar-refractivity contribution in [3.8, 4) is 0 Å². The van der Waals surface area contributed by atoms with E-state index in [2.05, 4.69) is 30.5 Å². The van der Waals surface area contributed by atoms with Gasteiger partial charge in [-0.05, 0) is 36.5 Å². The normalized spacial score (nSPS) is 18.4. The van der Waals surface area contributed by atoms with E-state index in [1.54, 1.807) is 0 Å². The van der Waals surface area contributed by atoms with Crippen LogP contribution in [0.1, 0.15) is 38.2 Å². The van der Waals surface area contributed by atoms with E-state index >= 15 is 0 Å². The molecule has 1 heterocycles. The van der Waals surface area contributed by atoms with Crippen molar-refractivity contribution in [2.75, 3.05) is 25.0 Å². The van der Waals surface area contributed by atoms with Gasteiger partial charge in [-0.15, -0.1) is 0 Å². The number of benzene rings is 1. The SMILES string of the molecule is CC(C)c1cccc(NC(=O)CNCC2CCCO2)c1. The van der Waals surface area contributed by atoms with E-state index in [4.69, 9.17) is 4.74 Å². The van der Waals surface area contributed by atoms with Crippen LogP contribution < -0.4 is 10.6 Å². The van der Waals surface area contributed by atoms with Crippen molar-refractivity contribution in [3.63, 3.8) is 0 Å². The van der Waals surface area contributed by atoms with Crippen LogP contribution in [0.2, 0.25) is 0 Å². The third-order valence-electron chi connectivity index (χ3n) is 3.52. The first-order valence-electron chi connectivity index (χ1n) is 7.37. The number of ether oxygens (including phenoxy) is 1. The van der Waals surface area contributed by atoms with Gasteiger partial charge in [-0.1, -0.05) is 26.0 Å². The molecule has 0 bridgehead atoms. The molecule has 110 valence electrons. The summed E-state index contributed by atoms with van der Waals surface area (Å²) in [6, 6.07) is 8.01. The highest BCUT2D eigenvalue weighted by molar-refractivity contribution is 5.92. The molecule has 0 spiro atoms. The van der Waals surface area contributed by atoms with Gasteiger partial charge in [-0.25, -0.2) is 0 Å². The molecular formula is C16H24N2O2. The Hall–Kier alpha value is -1.39. The van der Waals surface area contributed by atoms with Gasteiger partial charge >= 0.3 is 0 Å². The minimum absolute atomic E-state index is 0.0103. The Labute approximate surface area is 120 Å². The lowest BCUT2D eigenvalue weighted by Crippen LogP contribution is -2.33. The Morgan fingerprint density at radius 2 is 2.30 bits per heavy atom. The molecule has 2 N–H and O–H groups in total. The van der Waals surface area contributed by atoms with Gasteiger partial charge in [-0.3, -0.25) is 4.79 Å². The number of hydrogen-bond acceptors (Lipinski definition) is 3. The van der Waals surface area contributed by atoms with Crippen LogP contribution in [0.3, 0.4) is 0 Å². The first-order valence-corrected chi connectivity index (χ1v) is 7.37. The van der Waals surface area contributed by atoms with Crippen molar-refractivity contribution >= 4 is 11.6 Å². The molecule has 1 aromatic rings. The van der Waals surface area contributed by atoms with Crippen molar-refractivity contribution in [1.82, 2.24) is 5.32 Å². The molecule has 1 aromatic carbocycles. The summed E-state index contributed by atoms with van der Waals surface area (Å²) in [5.41, 5.74) is 2.09. The van der Waals surface area contributed by atoms with Gasteiger partial charge < -0.3 is 15.4 Å². The zero-order valence-corrected chi connectivity index (χ0v) is 12.3.